The molecule has 0 saturated carbocycles. The van der Waals surface area contributed by atoms with E-state index in [1.807, 2.05) is 36.4 Å². The van der Waals surface area contributed by atoms with Crippen LogP contribution < -0.4 is 5.32 Å². The van der Waals surface area contributed by atoms with Crippen LogP contribution in [-0.2, 0) is 6.54 Å². The fourth-order valence-electron chi connectivity index (χ4n) is 3.46. The van der Waals surface area contributed by atoms with E-state index in [2.05, 4.69) is 27.3 Å². The minimum atomic E-state index is -0.295. The van der Waals surface area contributed by atoms with Gasteiger partial charge in [0, 0.05) is 5.56 Å². The summed E-state index contributed by atoms with van der Waals surface area (Å²) in [4.78, 5) is 19.1. The maximum atomic E-state index is 12.4. The van der Waals surface area contributed by atoms with Gasteiger partial charge in [0.1, 0.15) is 5.76 Å². The number of carbonyl (C=O) groups is 1. The lowest BCUT2D eigenvalue weighted by Gasteiger charge is -2.31. The standard InChI is InChI=1S/C21H24N4O3/c1-15(25-12-6-3-7-13-25)17-10-11-18(27-17)21(26)22-14-19-23-20(24-28-19)16-8-4-2-5-9-16/h2,4-5,8-11,15H,3,6-7,12-14H2,1H3,(H,22,26)/t15-/m0/s1. The molecule has 0 bridgehead atoms. The molecule has 3 heterocycles. The predicted molar refractivity (Wildman–Crippen MR) is 103 cm³/mol. The fraction of sp³-hybridized carbons (Fsp3) is 0.381. The second-order valence-corrected chi connectivity index (χ2v) is 7.04. The number of piperidine rings is 1. The fourth-order valence-corrected chi connectivity index (χ4v) is 3.46. The minimum Gasteiger partial charge on any atom is -0.454 e. The van der Waals surface area contributed by atoms with Gasteiger partial charge in [-0.3, -0.25) is 9.69 Å². The molecule has 1 aromatic carbocycles. The number of benzene rings is 1. The molecule has 1 amide bonds. The minimum absolute atomic E-state index is 0.149. The Morgan fingerprint density at radius 1 is 1.14 bits per heavy atom. The SMILES string of the molecule is C[C@@H](c1ccc(C(=O)NCc2nc(-c3ccccc3)no2)o1)N1CCCCC1. The highest BCUT2D eigenvalue weighted by Gasteiger charge is 2.22. The molecule has 7 heteroatoms. The maximum absolute atomic E-state index is 12.4. The Morgan fingerprint density at radius 3 is 2.71 bits per heavy atom. The van der Waals surface area contributed by atoms with Gasteiger partial charge in [0.15, 0.2) is 5.76 Å². The quantitative estimate of drug-likeness (QED) is 0.700. The van der Waals surface area contributed by atoms with Crippen molar-refractivity contribution >= 4 is 5.91 Å². The number of nitrogens with zero attached hydrogens (tertiary/aromatic N) is 3. The van der Waals surface area contributed by atoms with Crippen LogP contribution in [0.3, 0.4) is 0 Å². The van der Waals surface area contributed by atoms with Crippen LogP contribution in [0.15, 0.2) is 51.4 Å². The summed E-state index contributed by atoms with van der Waals surface area (Å²) in [5.41, 5.74) is 0.867. The van der Waals surface area contributed by atoms with Gasteiger partial charge in [0.2, 0.25) is 11.7 Å². The number of hydrogen-bond acceptors (Lipinski definition) is 6. The largest absolute Gasteiger partial charge is 0.454 e. The van der Waals surface area contributed by atoms with E-state index in [1.54, 1.807) is 6.07 Å². The number of aromatic nitrogens is 2. The maximum Gasteiger partial charge on any atom is 0.287 e. The molecule has 1 saturated heterocycles. The lowest BCUT2D eigenvalue weighted by atomic mass is 10.1. The molecule has 2 aromatic heterocycles. The number of rotatable bonds is 6. The molecule has 0 aliphatic carbocycles. The third-order valence-electron chi connectivity index (χ3n) is 5.10. The van der Waals surface area contributed by atoms with Crippen LogP contribution >= 0.6 is 0 Å². The summed E-state index contributed by atoms with van der Waals surface area (Å²) in [6.07, 6.45) is 3.72. The molecule has 146 valence electrons. The topological polar surface area (TPSA) is 84.4 Å². The first-order chi connectivity index (χ1) is 13.7. The Labute approximate surface area is 163 Å². The average molecular weight is 380 g/mol. The van der Waals surface area contributed by atoms with E-state index in [-0.39, 0.29) is 18.5 Å². The van der Waals surface area contributed by atoms with Gasteiger partial charge in [-0.15, -0.1) is 0 Å². The third-order valence-corrected chi connectivity index (χ3v) is 5.10. The smallest absolute Gasteiger partial charge is 0.287 e. The summed E-state index contributed by atoms with van der Waals surface area (Å²) in [6, 6.07) is 13.3. The highest BCUT2D eigenvalue weighted by molar-refractivity contribution is 5.91. The van der Waals surface area contributed by atoms with Crippen molar-refractivity contribution < 1.29 is 13.7 Å². The van der Waals surface area contributed by atoms with Crippen molar-refractivity contribution in [3.05, 3.63) is 59.9 Å². The zero-order valence-electron chi connectivity index (χ0n) is 15.9. The van der Waals surface area contributed by atoms with E-state index in [4.69, 9.17) is 8.94 Å². The molecule has 1 N–H and O–H groups in total. The number of likely N-dealkylation sites (tertiary alicyclic amines) is 1. The van der Waals surface area contributed by atoms with Crippen LogP contribution in [0.25, 0.3) is 11.4 Å². The van der Waals surface area contributed by atoms with Gasteiger partial charge < -0.3 is 14.3 Å². The zero-order chi connectivity index (χ0) is 19.3. The van der Waals surface area contributed by atoms with Gasteiger partial charge in [0.05, 0.1) is 12.6 Å². The van der Waals surface area contributed by atoms with Crippen molar-refractivity contribution in [3.63, 3.8) is 0 Å². The Balaban J connectivity index is 1.34. The monoisotopic (exact) mass is 380 g/mol. The molecule has 7 nitrogen and oxygen atoms in total. The van der Waals surface area contributed by atoms with Crippen LogP contribution in [0.1, 0.15) is 54.4 Å². The molecular formula is C21H24N4O3. The predicted octanol–water partition coefficient (Wildman–Crippen LogP) is 3.81. The van der Waals surface area contributed by atoms with Crippen molar-refractivity contribution in [3.8, 4) is 11.4 Å². The van der Waals surface area contributed by atoms with E-state index < -0.39 is 0 Å². The van der Waals surface area contributed by atoms with E-state index in [1.165, 1.54) is 19.3 Å². The highest BCUT2D eigenvalue weighted by Crippen LogP contribution is 2.25. The van der Waals surface area contributed by atoms with Gasteiger partial charge in [-0.1, -0.05) is 41.9 Å². The average Bonchev–Trinajstić information content (AvgIpc) is 3.43. The lowest BCUT2D eigenvalue weighted by Crippen LogP contribution is -2.32. The van der Waals surface area contributed by atoms with E-state index in [0.717, 1.165) is 24.4 Å². The zero-order valence-corrected chi connectivity index (χ0v) is 15.9. The van der Waals surface area contributed by atoms with Gasteiger partial charge in [-0.05, 0) is 45.0 Å². The summed E-state index contributed by atoms with van der Waals surface area (Å²) in [7, 11) is 0. The summed E-state index contributed by atoms with van der Waals surface area (Å²) in [5, 5.41) is 6.72. The first kappa shape index (κ1) is 18.4. The molecule has 1 aliphatic rings. The summed E-state index contributed by atoms with van der Waals surface area (Å²) in [6.45, 7) is 4.42. The second kappa shape index (κ2) is 8.39. The number of furan rings is 1. The number of amides is 1. The van der Waals surface area contributed by atoms with Gasteiger partial charge >= 0.3 is 0 Å². The molecular weight excluding hydrogens is 356 g/mol. The van der Waals surface area contributed by atoms with Gasteiger partial charge in [-0.2, -0.15) is 4.98 Å². The Hall–Kier alpha value is -2.93. The van der Waals surface area contributed by atoms with Crippen LogP contribution in [0.2, 0.25) is 0 Å². The second-order valence-electron chi connectivity index (χ2n) is 7.04. The van der Waals surface area contributed by atoms with Crippen molar-refractivity contribution in [1.29, 1.82) is 0 Å². The molecule has 0 radical (unpaired) electrons. The van der Waals surface area contributed by atoms with E-state index in [9.17, 15) is 4.79 Å². The van der Waals surface area contributed by atoms with Crippen LogP contribution in [0.5, 0.6) is 0 Å². The Kier molecular flexibility index (Phi) is 5.53. The third kappa shape index (κ3) is 4.14. The molecule has 3 aromatic rings. The van der Waals surface area contributed by atoms with Crippen molar-refractivity contribution in [2.24, 2.45) is 0 Å². The lowest BCUT2D eigenvalue weighted by molar-refractivity contribution is 0.0909. The molecule has 4 rings (SSSR count). The number of hydrogen-bond donors (Lipinski definition) is 1. The molecule has 1 fully saturated rings. The molecule has 0 spiro atoms. The van der Waals surface area contributed by atoms with Gasteiger partial charge in [0.25, 0.3) is 5.91 Å². The van der Waals surface area contributed by atoms with E-state index in [0.29, 0.717) is 17.5 Å². The summed E-state index contributed by atoms with van der Waals surface area (Å²) < 4.78 is 11.0. The summed E-state index contributed by atoms with van der Waals surface area (Å²) >= 11 is 0. The first-order valence-electron chi connectivity index (χ1n) is 9.71. The van der Waals surface area contributed by atoms with Crippen molar-refractivity contribution in [2.45, 2.75) is 38.8 Å². The Bertz CT molecular complexity index is 913. The number of nitrogens with one attached hydrogen (secondary N) is 1. The normalized spacial score (nSPS) is 16.0. The van der Waals surface area contributed by atoms with Crippen LogP contribution in [0, 0.1) is 0 Å². The van der Waals surface area contributed by atoms with Gasteiger partial charge in [-0.25, -0.2) is 0 Å². The van der Waals surface area contributed by atoms with Crippen molar-refractivity contribution in [1.82, 2.24) is 20.4 Å². The molecule has 1 aliphatic heterocycles. The molecule has 0 unspecified atom stereocenters. The van der Waals surface area contributed by atoms with Crippen LogP contribution in [-0.4, -0.2) is 34.0 Å². The van der Waals surface area contributed by atoms with Crippen LogP contribution in [0.4, 0.5) is 0 Å². The first-order valence-corrected chi connectivity index (χ1v) is 9.71. The molecule has 28 heavy (non-hydrogen) atoms. The van der Waals surface area contributed by atoms with E-state index >= 15 is 0 Å². The number of carbonyl (C=O) groups excluding carboxylic acids is 1. The van der Waals surface area contributed by atoms with Crippen molar-refractivity contribution in [2.75, 3.05) is 13.1 Å². The Morgan fingerprint density at radius 2 is 1.93 bits per heavy atom. The highest BCUT2D eigenvalue weighted by atomic mass is 16.5. The summed E-state index contributed by atoms with van der Waals surface area (Å²) in [5.74, 6) is 1.66. The molecule has 1 atom stereocenters.